The van der Waals surface area contributed by atoms with Crippen molar-refractivity contribution in [3.63, 3.8) is 0 Å². The van der Waals surface area contributed by atoms with E-state index in [2.05, 4.69) is 5.32 Å². The van der Waals surface area contributed by atoms with Crippen molar-refractivity contribution < 1.29 is 9.66 Å². The molecule has 1 N–H and O–H groups in total. The van der Waals surface area contributed by atoms with Gasteiger partial charge in [0.15, 0.2) is 0 Å². The SMILES string of the molecule is O=[N+]([O-])c1ccccc1CN[C@]12O[C@@H]3[C@@H]4[C@H]5[C@@H]6C[C@H]([C@H]5[C@H]41)[C@@H]2[C@@H]63. The highest BCUT2D eigenvalue weighted by atomic mass is 16.6. The van der Waals surface area contributed by atoms with Gasteiger partial charge in [0.25, 0.3) is 5.69 Å². The van der Waals surface area contributed by atoms with Gasteiger partial charge in [-0.25, -0.2) is 0 Å². The second-order valence-corrected chi connectivity index (χ2v) is 8.54. The highest BCUT2D eigenvalue weighted by Crippen LogP contribution is 2.89. The fourth-order valence-electron chi connectivity index (χ4n) is 8.36. The molecule has 2 saturated heterocycles. The quantitative estimate of drug-likeness (QED) is 0.684. The molecule has 23 heavy (non-hydrogen) atoms. The first-order chi connectivity index (χ1) is 11.2. The zero-order valence-corrected chi connectivity index (χ0v) is 12.6. The Morgan fingerprint density at radius 1 is 1.17 bits per heavy atom. The molecule has 10 atom stereocenters. The van der Waals surface area contributed by atoms with E-state index in [-0.39, 0.29) is 16.3 Å². The third-order valence-corrected chi connectivity index (χ3v) is 8.45. The molecule has 0 aromatic heterocycles. The fourth-order valence-corrected chi connectivity index (χ4v) is 8.36. The topological polar surface area (TPSA) is 64.4 Å². The molecule has 0 unspecified atom stereocenters. The first-order valence-corrected chi connectivity index (χ1v) is 8.87. The highest BCUT2D eigenvalue weighted by Gasteiger charge is 2.92. The van der Waals surface area contributed by atoms with Gasteiger partial charge in [0.2, 0.25) is 0 Å². The van der Waals surface area contributed by atoms with Crippen LogP contribution in [0.25, 0.3) is 0 Å². The Morgan fingerprint density at radius 3 is 2.91 bits per heavy atom. The third-order valence-electron chi connectivity index (χ3n) is 8.45. The van der Waals surface area contributed by atoms with Crippen LogP contribution < -0.4 is 5.32 Å². The second-order valence-electron chi connectivity index (χ2n) is 8.54. The van der Waals surface area contributed by atoms with Gasteiger partial charge in [-0.15, -0.1) is 0 Å². The Labute approximate surface area is 133 Å². The van der Waals surface area contributed by atoms with Crippen LogP contribution in [0.3, 0.4) is 0 Å². The molecule has 5 nitrogen and oxygen atoms in total. The number of nitrogens with one attached hydrogen (secondary N) is 1. The molecule has 118 valence electrons. The van der Waals surface area contributed by atoms with Gasteiger partial charge in [-0.1, -0.05) is 18.2 Å². The van der Waals surface area contributed by atoms with Crippen molar-refractivity contribution in [2.24, 2.45) is 47.3 Å². The highest BCUT2D eigenvalue weighted by molar-refractivity contribution is 5.41. The zero-order valence-electron chi connectivity index (χ0n) is 12.6. The van der Waals surface area contributed by atoms with Crippen LogP contribution in [0.1, 0.15) is 12.0 Å². The molecule has 5 aliphatic carbocycles. The van der Waals surface area contributed by atoms with E-state index in [1.165, 1.54) is 6.42 Å². The summed E-state index contributed by atoms with van der Waals surface area (Å²) in [5.41, 5.74) is 0.842. The molecule has 0 radical (unpaired) electrons. The monoisotopic (exact) mass is 310 g/mol. The van der Waals surface area contributed by atoms with Gasteiger partial charge in [0.1, 0.15) is 5.72 Å². The summed E-state index contributed by atoms with van der Waals surface area (Å²) < 4.78 is 6.60. The summed E-state index contributed by atoms with van der Waals surface area (Å²) in [5.74, 6) is 6.66. The lowest BCUT2D eigenvalue weighted by molar-refractivity contribution is -0.385. The number of nitro groups is 1. The minimum atomic E-state index is -0.276. The number of benzene rings is 1. The van der Waals surface area contributed by atoms with Crippen molar-refractivity contribution >= 4 is 5.69 Å². The Hall–Kier alpha value is -1.46. The summed E-state index contributed by atoms with van der Waals surface area (Å²) in [7, 11) is 0. The number of nitrogens with zero attached hydrogens (tertiary/aromatic N) is 1. The van der Waals surface area contributed by atoms with Crippen molar-refractivity contribution in [3.05, 3.63) is 39.9 Å². The zero-order chi connectivity index (χ0) is 15.1. The summed E-state index contributed by atoms with van der Waals surface area (Å²) in [4.78, 5) is 11.0. The number of rotatable bonds is 4. The third kappa shape index (κ3) is 0.988. The van der Waals surface area contributed by atoms with Gasteiger partial charge in [0, 0.05) is 30.0 Å². The lowest BCUT2D eigenvalue weighted by Crippen LogP contribution is -2.56. The molecule has 5 heteroatoms. The molecule has 7 aliphatic rings. The number of nitro benzene ring substituents is 1. The van der Waals surface area contributed by atoms with Crippen molar-refractivity contribution in [2.45, 2.75) is 24.8 Å². The van der Waals surface area contributed by atoms with Gasteiger partial charge in [-0.05, 0) is 41.9 Å². The number of ether oxygens (including phenoxy) is 1. The van der Waals surface area contributed by atoms with Crippen LogP contribution in [0.15, 0.2) is 24.3 Å². The molecule has 4 bridgehead atoms. The summed E-state index contributed by atoms with van der Waals surface area (Å²) in [6, 6.07) is 7.09. The predicted octanol–water partition coefficient (Wildman–Crippen LogP) is 2.17. The molecule has 1 aromatic rings. The number of para-hydroxylation sites is 1. The Bertz CT molecular complexity index is 771. The second kappa shape index (κ2) is 3.33. The van der Waals surface area contributed by atoms with Gasteiger partial charge in [0.05, 0.1) is 11.0 Å². The van der Waals surface area contributed by atoms with Crippen LogP contribution in [0.4, 0.5) is 5.69 Å². The van der Waals surface area contributed by atoms with E-state index in [0.29, 0.717) is 24.5 Å². The normalized spacial score (nSPS) is 57.7. The Kier molecular flexibility index (Phi) is 1.73. The molecule has 8 rings (SSSR count). The molecule has 0 spiro atoms. The van der Waals surface area contributed by atoms with Crippen LogP contribution in [0.2, 0.25) is 0 Å². The average Bonchev–Trinajstić information content (AvgIpc) is 3.18. The van der Waals surface area contributed by atoms with Crippen molar-refractivity contribution in [2.75, 3.05) is 0 Å². The average molecular weight is 310 g/mol. The maximum absolute atomic E-state index is 11.2. The molecule has 0 amide bonds. The van der Waals surface area contributed by atoms with Crippen LogP contribution in [-0.4, -0.2) is 16.8 Å². The maximum Gasteiger partial charge on any atom is 0.273 e. The van der Waals surface area contributed by atoms with E-state index < -0.39 is 0 Å². The molecule has 2 aliphatic heterocycles. The predicted molar refractivity (Wildman–Crippen MR) is 80.1 cm³/mol. The molecular formula is C18H18N2O3. The molecular weight excluding hydrogens is 292 g/mol. The minimum Gasteiger partial charge on any atom is -0.356 e. The Morgan fingerprint density at radius 2 is 2.04 bits per heavy atom. The molecule has 1 aromatic carbocycles. The van der Waals surface area contributed by atoms with Crippen molar-refractivity contribution in [3.8, 4) is 0 Å². The number of hydrogen-bond acceptors (Lipinski definition) is 4. The van der Waals surface area contributed by atoms with E-state index >= 15 is 0 Å². The van der Waals surface area contributed by atoms with Crippen LogP contribution in [0, 0.1) is 57.5 Å². The van der Waals surface area contributed by atoms with Gasteiger partial charge < -0.3 is 4.74 Å². The maximum atomic E-state index is 11.2. The van der Waals surface area contributed by atoms with Crippen LogP contribution in [-0.2, 0) is 11.3 Å². The Balaban J connectivity index is 1.25. The lowest BCUT2D eigenvalue weighted by atomic mass is 9.59. The summed E-state index contributed by atoms with van der Waals surface area (Å²) in [5, 5.41) is 14.9. The first kappa shape index (κ1) is 12.0. The van der Waals surface area contributed by atoms with Crippen LogP contribution in [0.5, 0.6) is 0 Å². The van der Waals surface area contributed by atoms with Crippen LogP contribution >= 0.6 is 0 Å². The summed E-state index contributed by atoms with van der Waals surface area (Å²) >= 11 is 0. The lowest BCUT2D eigenvalue weighted by Gasteiger charge is -2.46. The molecule has 2 heterocycles. The molecule has 5 saturated carbocycles. The molecule has 7 fully saturated rings. The smallest absolute Gasteiger partial charge is 0.273 e. The van der Waals surface area contributed by atoms with Gasteiger partial charge >= 0.3 is 0 Å². The van der Waals surface area contributed by atoms with E-state index in [9.17, 15) is 10.1 Å². The largest absolute Gasteiger partial charge is 0.356 e. The fraction of sp³-hybridized carbons (Fsp3) is 0.667. The summed E-state index contributed by atoms with van der Waals surface area (Å²) in [6.45, 7) is 0.547. The van der Waals surface area contributed by atoms with E-state index in [1.807, 2.05) is 12.1 Å². The van der Waals surface area contributed by atoms with E-state index in [0.717, 1.165) is 41.1 Å². The van der Waals surface area contributed by atoms with Gasteiger partial charge in [-0.3, -0.25) is 15.4 Å². The number of hydrogen-bond donors (Lipinski definition) is 1. The standard InChI is InChI=1S/C18H18N2O3/c21-20(22)10-4-2-1-3-7(10)6-19-18-15-9-5-8-11-12(9)16(18)14(11)17(23-18)13(8)15/h1-4,8-9,11-17,19H,5-6H2/t8-,9+,11-,12+,13+,14+,15+,16+,17-,18+/m0/s1. The van der Waals surface area contributed by atoms with Gasteiger partial charge in [-0.2, -0.15) is 0 Å². The van der Waals surface area contributed by atoms with Crippen molar-refractivity contribution in [1.29, 1.82) is 0 Å². The van der Waals surface area contributed by atoms with Crippen molar-refractivity contribution in [1.82, 2.24) is 5.32 Å². The van der Waals surface area contributed by atoms with E-state index in [1.54, 1.807) is 12.1 Å². The minimum absolute atomic E-state index is 0.152. The van der Waals surface area contributed by atoms with E-state index in [4.69, 9.17) is 4.74 Å². The summed E-state index contributed by atoms with van der Waals surface area (Å²) in [6.07, 6.45) is 1.94. The first-order valence-electron chi connectivity index (χ1n) is 8.87.